The molecule has 0 spiro atoms. The summed E-state index contributed by atoms with van der Waals surface area (Å²) >= 11 is 1.98. The van der Waals surface area contributed by atoms with E-state index in [1.165, 1.54) is 5.56 Å². The van der Waals surface area contributed by atoms with Crippen LogP contribution in [0, 0.1) is 11.3 Å². The molecule has 1 aliphatic heterocycles. The van der Waals surface area contributed by atoms with Gasteiger partial charge in [-0.25, -0.2) is 0 Å². The normalized spacial score (nSPS) is 22.2. The van der Waals surface area contributed by atoms with E-state index in [9.17, 15) is 0 Å². The molecular weight excluding hydrogens is 204 g/mol. The smallest absolute Gasteiger partial charge is 0.0871 e. The number of nitrogens with zero attached hydrogens (tertiary/aromatic N) is 2. The third kappa shape index (κ3) is 2.53. The van der Waals surface area contributed by atoms with Crippen molar-refractivity contribution in [1.82, 2.24) is 4.90 Å². The molecule has 0 bridgehead atoms. The SMILES string of the molecule is N#CCN1CCSC[C@@H]1c1ccccc1. The van der Waals surface area contributed by atoms with Gasteiger partial charge in [0.1, 0.15) is 0 Å². The lowest BCUT2D eigenvalue weighted by atomic mass is 10.1. The van der Waals surface area contributed by atoms with E-state index in [1.807, 2.05) is 17.8 Å². The quantitative estimate of drug-likeness (QED) is 0.713. The van der Waals surface area contributed by atoms with Crippen LogP contribution < -0.4 is 0 Å². The summed E-state index contributed by atoms with van der Waals surface area (Å²) < 4.78 is 0. The minimum absolute atomic E-state index is 0.421. The van der Waals surface area contributed by atoms with Crippen LogP contribution in [0.1, 0.15) is 11.6 Å². The van der Waals surface area contributed by atoms with Crippen LogP contribution >= 0.6 is 11.8 Å². The average Bonchev–Trinajstić information content (AvgIpc) is 2.31. The first-order valence-corrected chi connectivity index (χ1v) is 6.31. The van der Waals surface area contributed by atoms with E-state index in [-0.39, 0.29) is 0 Å². The highest BCUT2D eigenvalue weighted by atomic mass is 32.2. The van der Waals surface area contributed by atoms with Crippen LogP contribution in [-0.4, -0.2) is 29.5 Å². The fourth-order valence-corrected chi connectivity index (χ4v) is 3.06. The summed E-state index contributed by atoms with van der Waals surface area (Å²) in [5.41, 5.74) is 1.33. The summed E-state index contributed by atoms with van der Waals surface area (Å²) in [5, 5.41) is 8.78. The Balaban J connectivity index is 2.15. The Kier molecular flexibility index (Phi) is 3.65. The highest BCUT2D eigenvalue weighted by molar-refractivity contribution is 7.99. The molecule has 15 heavy (non-hydrogen) atoms. The van der Waals surface area contributed by atoms with Crippen LogP contribution in [-0.2, 0) is 0 Å². The van der Waals surface area contributed by atoms with E-state index in [2.05, 4.69) is 35.2 Å². The van der Waals surface area contributed by atoms with Crippen molar-refractivity contribution in [2.24, 2.45) is 0 Å². The molecular formula is C12H14N2S. The first-order chi connectivity index (χ1) is 7.42. The van der Waals surface area contributed by atoms with Gasteiger partial charge < -0.3 is 0 Å². The van der Waals surface area contributed by atoms with E-state index in [1.54, 1.807) is 0 Å². The van der Waals surface area contributed by atoms with Crippen molar-refractivity contribution in [2.45, 2.75) is 6.04 Å². The second kappa shape index (κ2) is 5.20. The molecule has 1 heterocycles. The number of hydrogen-bond acceptors (Lipinski definition) is 3. The van der Waals surface area contributed by atoms with Crippen molar-refractivity contribution in [3.8, 4) is 6.07 Å². The molecule has 1 fully saturated rings. The van der Waals surface area contributed by atoms with Crippen molar-refractivity contribution >= 4 is 11.8 Å². The minimum Gasteiger partial charge on any atom is -0.282 e. The van der Waals surface area contributed by atoms with Crippen LogP contribution in [0.4, 0.5) is 0 Å². The molecule has 3 heteroatoms. The maximum atomic E-state index is 8.78. The lowest BCUT2D eigenvalue weighted by molar-refractivity contribution is 0.249. The Morgan fingerprint density at radius 2 is 2.20 bits per heavy atom. The van der Waals surface area contributed by atoms with Crippen LogP contribution in [0.25, 0.3) is 0 Å². The molecule has 1 aromatic carbocycles. The molecule has 2 rings (SSSR count). The van der Waals surface area contributed by atoms with E-state index in [4.69, 9.17) is 5.26 Å². The Bertz CT molecular complexity index is 344. The van der Waals surface area contributed by atoms with E-state index >= 15 is 0 Å². The van der Waals surface area contributed by atoms with E-state index in [0.717, 1.165) is 18.1 Å². The first-order valence-electron chi connectivity index (χ1n) is 5.15. The fraction of sp³-hybridized carbons (Fsp3) is 0.417. The molecule has 1 saturated heterocycles. The second-order valence-electron chi connectivity index (χ2n) is 3.63. The molecule has 2 nitrogen and oxygen atoms in total. The van der Waals surface area contributed by atoms with Crippen LogP contribution in [0.2, 0.25) is 0 Å². The Hall–Kier alpha value is -0.980. The summed E-state index contributed by atoms with van der Waals surface area (Å²) in [5.74, 6) is 2.25. The molecule has 0 aromatic heterocycles. The van der Waals surface area contributed by atoms with Gasteiger partial charge in [-0.05, 0) is 5.56 Å². The number of rotatable bonds is 2. The van der Waals surface area contributed by atoms with E-state index in [0.29, 0.717) is 12.6 Å². The molecule has 1 atom stereocenters. The van der Waals surface area contributed by atoms with Gasteiger partial charge in [-0.2, -0.15) is 17.0 Å². The number of thioether (sulfide) groups is 1. The molecule has 0 saturated carbocycles. The van der Waals surface area contributed by atoms with Crippen molar-refractivity contribution in [3.63, 3.8) is 0 Å². The van der Waals surface area contributed by atoms with Crippen molar-refractivity contribution in [3.05, 3.63) is 35.9 Å². The molecule has 1 aliphatic rings. The average molecular weight is 218 g/mol. The Morgan fingerprint density at radius 1 is 1.40 bits per heavy atom. The highest BCUT2D eigenvalue weighted by Gasteiger charge is 2.23. The Labute approximate surface area is 94.9 Å². The van der Waals surface area contributed by atoms with Crippen molar-refractivity contribution in [2.75, 3.05) is 24.6 Å². The predicted octanol–water partition coefficient (Wildman–Crippen LogP) is 2.30. The maximum Gasteiger partial charge on any atom is 0.0871 e. The molecule has 78 valence electrons. The van der Waals surface area contributed by atoms with E-state index < -0.39 is 0 Å². The molecule has 0 unspecified atom stereocenters. The van der Waals surface area contributed by atoms with Gasteiger partial charge in [0.05, 0.1) is 12.6 Å². The third-order valence-electron chi connectivity index (χ3n) is 2.70. The summed E-state index contributed by atoms with van der Waals surface area (Å²) in [6.07, 6.45) is 0. The standard InChI is InChI=1S/C12H14N2S/c13-6-7-14-8-9-15-10-12(14)11-4-2-1-3-5-11/h1-5,12H,7-10H2/t12-/m1/s1. The second-order valence-corrected chi connectivity index (χ2v) is 4.78. The summed E-state index contributed by atoms with van der Waals surface area (Å²) in [4.78, 5) is 2.27. The van der Waals surface area contributed by atoms with Crippen LogP contribution in [0.3, 0.4) is 0 Å². The highest BCUT2D eigenvalue weighted by Crippen LogP contribution is 2.28. The van der Waals surface area contributed by atoms with Crippen molar-refractivity contribution in [1.29, 1.82) is 5.26 Å². The molecule has 0 radical (unpaired) electrons. The molecule has 0 aliphatic carbocycles. The zero-order valence-electron chi connectivity index (χ0n) is 8.60. The molecule has 1 aromatic rings. The summed E-state index contributed by atoms with van der Waals surface area (Å²) in [7, 11) is 0. The number of nitriles is 1. The van der Waals surface area contributed by atoms with Crippen LogP contribution in [0.5, 0.6) is 0 Å². The van der Waals surface area contributed by atoms with Gasteiger partial charge in [0.15, 0.2) is 0 Å². The molecule has 0 N–H and O–H groups in total. The number of hydrogen-bond donors (Lipinski definition) is 0. The largest absolute Gasteiger partial charge is 0.282 e. The van der Waals surface area contributed by atoms with Gasteiger partial charge in [-0.15, -0.1) is 0 Å². The lowest BCUT2D eigenvalue weighted by Crippen LogP contribution is -2.36. The fourth-order valence-electron chi connectivity index (χ4n) is 1.90. The van der Waals surface area contributed by atoms with Crippen molar-refractivity contribution < 1.29 is 0 Å². The zero-order valence-corrected chi connectivity index (χ0v) is 9.41. The summed E-state index contributed by atoms with van der Waals surface area (Å²) in [6, 6.07) is 13.2. The Morgan fingerprint density at radius 3 is 2.93 bits per heavy atom. The summed E-state index contributed by atoms with van der Waals surface area (Å²) in [6.45, 7) is 1.57. The first kappa shape index (κ1) is 10.5. The van der Waals surface area contributed by atoms with Gasteiger partial charge in [0.25, 0.3) is 0 Å². The van der Waals surface area contributed by atoms with Gasteiger partial charge in [-0.1, -0.05) is 30.3 Å². The van der Waals surface area contributed by atoms with Gasteiger partial charge >= 0.3 is 0 Å². The third-order valence-corrected chi connectivity index (χ3v) is 3.72. The van der Waals surface area contributed by atoms with Crippen LogP contribution in [0.15, 0.2) is 30.3 Å². The number of benzene rings is 1. The topological polar surface area (TPSA) is 27.0 Å². The monoisotopic (exact) mass is 218 g/mol. The zero-order chi connectivity index (χ0) is 10.5. The van der Waals surface area contributed by atoms with Gasteiger partial charge in [0, 0.05) is 24.1 Å². The predicted molar refractivity (Wildman–Crippen MR) is 63.7 cm³/mol. The lowest BCUT2D eigenvalue weighted by Gasteiger charge is -2.33. The maximum absolute atomic E-state index is 8.78. The van der Waals surface area contributed by atoms with Gasteiger partial charge in [0.2, 0.25) is 0 Å². The molecule has 0 amide bonds. The minimum atomic E-state index is 0.421. The van der Waals surface area contributed by atoms with Gasteiger partial charge in [-0.3, -0.25) is 4.90 Å².